The summed E-state index contributed by atoms with van der Waals surface area (Å²) in [5.74, 6) is 2.98. The first-order valence-electron chi connectivity index (χ1n) is 18.5. The molecule has 244 valence electrons. The lowest BCUT2D eigenvalue weighted by atomic mass is 9.47. The average molecular weight is 609 g/mol. The molecular formula is C43H60O2. The zero-order chi connectivity index (χ0) is 32.7. The summed E-state index contributed by atoms with van der Waals surface area (Å²) in [6, 6.07) is 20.5. The van der Waals surface area contributed by atoms with E-state index in [0.717, 1.165) is 54.6 Å². The van der Waals surface area contributed by atoms with Crippen molar-refractivity contribution in [3.8, 4) is 11.1 Å². The molecule has 2 heteroatoms. The van der Waals surface area contributed by atoms with Gasteiger partial charge in [0.05, 0.1) is 6.10 Å². The molecule has 3 aromatic carbocycles. The highest BCUT2D eigenvalue weighted by atomic mass is 16.3. The van der Waals surface area contributed by atoms with Crippen LogP contribution in [0, 0.1) is 17.8 Å². The van der Waals surface area contributed by atoms with Crippen LogP contribution in [0.5, 0.6) is 0 Å². The Morgan fingerprint density at radius 1 is 0.733 bits per heavy atom. The highest BCUT2D eigenvalue weighted by Gasteiger charge is 2.52. The van der Waals surface area contributed by atoms with E-state index in [1.165, 1.54) is 71.6 Å². The SMILES string of the molecule is CC.CC.CC.CCC(O)Cc1ccc(-c2ccc3cc(C4=C(C)CCCC4=O)ccc3c2)cc1C12CC3CC(CC(C3)C1)C2. The summed E-state index contributed by atoms with van der Waals surface area (Å²) in [7, 11) is 0. The number of Topliss-reactive ketones (excluding diaryl/α,β-unsaturated/α-hetero) is 1. The molecule has 0 aromatic heterocycles. The molecule has 4 saturated carbocycles. The molecule has 0 radical (unpaired) electrons. The molecule has 0 heterocycles. The maximum atomic E-state index is 12.7. The third-order valence-corrected chi connectivity index (χ3v) is 10.8. The fourth-order valence-corrected chi connectivity index (χ4v) is 9.26. The average Bonchev–Trinajstić information content (AvgIpc) is 3.06. The summed E-state index contributed by atoms with van der Waals surface area (Å²) in [6.45, 7) is 16.2. The van der Waals surface area contributed by atoms with Crippen molar-refractivity contribution in [2.45, 2.75) is 138 Å². The summed E-state index contributed by atoms with van der Waals surface area (Å²) in [5.41, 5.74) is 9.01. The van der Waals surface area contributed by atoms with Gasteiger partial charge in [-0.15, -0.1) is 0 Å². The molecule has 0 amide bonds. The number of aliphatic hydroxyl groups excluding tert-OH is 1. The summed E-state index contributed by atoms with van der Waals surface area (Å²) in [4.78, 5) is 12.7. The summed E-state index contributed by atoms with van der Waals surface area (Å²) in [5, 5.41) is 13.1. The van der Waals surface area contributed by atoms with Crippen LogP contribution in [0.3, 0.4) is 0 Å². The minimum Gasteiger partial charge on any atom is -0.393 e. The number of allylic oxidation sites excluding steroid dienone is 2. The molecule has 1 N–H and O–H groups in total. The molecule has 0 saturated heterocycles. The first kappa shape index (κ1) is 35.1. The van der Waals surface area contributed by atoms with Crippen molar-refractivity contribution in [2.24, 2.45) is 17.8 Å². The van der Waals surface area contributed by atoms with Crippen LogP contribution in [0.4, 0.5) is 0 Å². The Hall–Kier alpha value is -2.71. The van der Waals surface area contributed by atoms with Crippen molar-refractivity contribution in [2.75, 3.05) is 0 Å². The lowest BCUT2D eigenvalue weighted by molar-refractivity contribution is -0.114. The van der Waals surface area contributed by atoms with E-state index in [1.807, 2.05) is 41.5 Å². The monoisotopic (exact) mass is 608 g/mol. The van der Waals surface area contributed by atoms with Crippen molar-refractivity contribution in [3.05, 3.63) is 76.9 Å². The van der Waals surface area contributed by atoms with E-state index >= 15 is 0 Å². The number of rotatable bonds is 6. The zero-order valence-electron chi connectivity index (χ0n) is 29.6. The number of carbonyl (C=O) groups excluding carboxylic acids is 1. The fraction of sp³-hybridized carbons (Fsp3) is 0.558. The van der Waals surface area contributed by atoms with Gasteiger partial charge in [-0.3, -0.25) is 4.79 Å². The normalized spacial score (nSPS) is 25.4. The van der Waals surface area contributed by atoms with Crippen molar-refractivity contribution in [3.63, 3.8) is 0 Å². The van der Waals surface area contributed by atoms with Crippen LogP contribution in [-0.4, -0.2) is 17.0 Å². The lowest BCUT2D eigenvalue weighted by Crippen LogP contribution is -2.49. The van der Waals surface area contributed by atoms with Gasteiger partial charge in [0.25, 0.3) is 0 Å². The van der Waals surface area contributed by atoms with E-state index in [9.17, 15) is 9.90 Å². The minimum atomic E-state index is -0.270. The third-order valence-electron chi connectivity index (χ3n) is 10.8. The van der Waals surface area contributed by atoms with Gasteiger partial charge in [0, 0.05) is 12.0 Å². The van der Waals surface area contributed by atoms with Crippen molar-refractivity contribution in [1.82, 2.24) is 0 Å². The van der Waals surface area contributed by atoms with E-state index in [4.69, 9.17) is 0 Å². The first-order valence-corrected chi connectivity index (χ1v) is 18.5. The van der Waals surface area contributed by atoms with Crippen LogP contribution in [0.2, 0.25) is 0 Å². The molecule has 2 nitrogen and oxygen atoms in total. The molecule has 4 fully saturated rings. The van der Waals surface area contributed by atoms with Crippen LogP contribution in [0.15, 0.2) is 60.2 Å². The largest absolute Gasteiger partial charge is 0.393 e. The standard InChI is InChI=1S/C37H42O2.3C2H6/c1-3-33(38)18-31-11-9-30(19-34(31)37-20-24-13-25(21-37)15-26(14-24)22-37)28-7-8-29-17-32(12-10-27(29)16-28)36-23(2)5-4-6-35(36)39;3*1-2/h7-12,16-17,19,24-26,33,38H,3-6,13-15,18,20-22H2,1-2H3;3*1-2H3. The molecule has 5 aliphatic rings. The number of hydrogen-bond acceptors (Lipinski definition) is 2. The molecule has 0 spiro atoms. The van der Waals surface area contributed by atoms with Crippen molar-refractivity contribution in [1.29, 1.82) is 0 Å². The Balaban J connectivity index is 0.000000727. The Bertz CT molecular complexity index is 1440. The predicted octanol–water partition coefficient (Wildman–Crippen LogP) is 11.9. The van der Waals surface area contributed by atoms with Gasteiger partial charge in [0.2, 0.25) is 0 Å². The maximum absolute atomic E-state index is 12.7. The van der Waals surface area contributed by atoms with Gasteiger partial charge in [0.15, 0.2) is 5.78 Å². The van der Waals surface area contributed by atoms with Gasteiger partial charge in [-0.2, -0.15) is 0 Å². The number of benzene rings is 3. The van der Waals surface area contributed by atoms with Crippen LogP contribution in [-0.2, 0) is 16.6 Å². The van der Waals surface area contributed by atoms with Gasteiger partial charge < -0.3 is 5.11 Å². The number of hydrogen-bond donors (Lipinski definition) is 1. The van der Waals surface area contributed by atoms with E-state index in [1.54, 1.807) is 5.56 Å². The molecule has 5 aliphatic carbocycles. The zero-order valence-corrected chi connectivity index (χ0v) is 29.6. The Kier molecular flexibility index (Phi) is 12.3. The second kappa shape index (κ2) is 15.7. The minimum absolute atomic E-state index is 0.270. The molecular weight excluding hydrogens is 548 g/mol. The summed E-state index contributed by atoms with van der Waals surface area (Å²) >= 11 is 0. The highest BCUT2D eigenvalue weighted by Crippen LogP contribution is 2.61. The molecule has 45 heavy (non-hydrogen) atoms. The number of aliphatic hydroxyl groups is 1. The van der Waals surface area contributed by atoms with Gasteiger partial charge in [-0.25, -0.2) is 0 Å². The van der Waals surface area contributed by atoms with Gasteiger partial charge in [-0.05, 0) is 145 Å². The molecule has 0 aliphatic heterocycles. The Labute approximate surface area is 274 Å². The lowest BCUT2D eigenvalue weighted by Gasteiger charge is -2.57. The number of carbonyl (C=O) groups is 1. The highest BCUT2D eigenvalue weighted by molar-refractivity contribution is 6.22. The van der Waals surface area contributed by atoms with E-state index in [-0.39, 0.29) is 6.10 Å². The quantitative estimate of drug-likeness (QED) is 0.302. The summed E-state index contributed by atoms with van der Waals surface area (Å²) in [6.07, 6.45) is 12.3. The van der Waals surface area contributed by atoms with Crippen LogP contribution >= 0.6 is 0 Å². The second-order valence-electron chi connectivity index (χ2n) is 13.5. The Morgan fingerprint density at radius 2 is 1.24 bits per heavy atom. The van der Waals surface area contributed by atoms with E-state index in [2.05, 4.69) is 68.4 Å². The van der Waals surface area contributed by atoms with Crippen LogP contribution in [0.1, 0.15) is 136 Å². The third kappa shape index (κ3) is 7.32. The van der Waals surface area contributed by atoms with Crippen LogP contribution < -0.4 is 0 Å². The Morgan fingerprint density at radius 3 is 1.80 bits per heavy atom. The molecule has 1 unspecified atom stereocenters. The van der Waals surface area contributed by atoms with Gasteiger partial charge in [-0.1, -0.05) is 96.5 Å². The van der Waals surface area contributed by atoms with Crippen molar-refractivity contribution < 1.29 is 9.90 Å². The maximum Gasteiger partial charge on any atom is 0.163 e. The van der Waals surface area contributed by atoms with E-state index in [0.29, 0.717) is 17.6 Å². The first-order chi connectivity index (χ1) is 21.9. The summed E-state index contributed by atoms with van der Waals surface area (Å²) < 4.78 is 0. The van der Waals surface area contributed by atoms with Gasteiger partial charge in [0.1, 0.15) is 0 Å². The molecule has 1 atom stereocenters. The molecule has 4 bridgehead atoms. The second-order valence-corrected chi connectivity index (χ2v) is 13.5. The smallest absolute Gasteiger partial charge is 0.163 e. The van der Waals surface area contributed by atoms with Crippen molar-refractivity contribution >= 4 is 22.1 Å². The topological polar surface area (TPSA) is 37.3 Å². The predicted molar refractivity (Wildman–Crippen MR) is 195 cm³/mol. The number of ketones is 1. The fourth-order valence-electron chi connectivity index (χ4n) is 9.26. The molecule has 8 rings (SSSR count). The van der Waals surface area contributed by atoms with Crippen LogP contribution in [0.25, 0.3) is 27.5 Å². The van der Waals surface area contributed by atoms with Gasteiger partial charge >= 0.3 is 0 Å². The molecule has 3 aromatic rings. The number of fused-ring (bicyclic) bond motifs is 1. The van der Waals surface area contributed by atoms with E-state index < -0.39 is 0 Å².